The molecule has 1 aromatic carbocycles. The first-order valence-corrected chi connectivity index (χ1v) is 7.86. The van der Waals surface area contributed by atoms with Gasteiger partial charge in [-0.1, -0.05) is 24.6 Å². The predicted molar refractivity (Wildman–Crippen MR) is 87.5 cm³/mol. The molecular weight excluding hydrogens is 278 g/mol. The van der Waals surface area contributed by atoms with Crippen LogP contribution in [0.3, 0.4) is 0 Å². The van der Waals surface area contributed by atoms with E-state index in [1.165, 1.54) is 0 Å². The second-order valence-corrected chi connectivity index (χ2v) is 6.16. The number of benzene rings is 1. The number of hydrogen-bond donors (Lipinski definition) is 3. The molecule has 5 heteroatoms. The molecule has 0 spiro atoms. The van der Waals surface area contributed by atoms with Gasteiger partial charge in [0.25, 0.3) is 0 Å². The summed E-state index contributed by atoms with van der Waals surface area (Å²) in [4.78, 5) is 24.1. The summed E-state index contributed by atoms with van der Waals surface area (Å²) >= 11 is 0. The van der Waals surface area contributed by atoms with Gasteiger partial charge in [-0.3, -0.25) is 9.59 Å². The van der Waals surface area contributed by atoms with E-state index in [4.69, 9.17) is 5.73 Å². The third kappa shape index (κ3) is 4.31. The smallest absolute Gasteiger partial charge is 0.243 e. The van der Waals surface area contributed by atoms with Crippen molar-refractivity contribution < 1.29 is 9.59 Å². The van der Waals surface area contributed by atoms with Crippen molar-refractivity contribution >= 4 is 17.5 Å². The molecule has 4 N–H and O–H groups in total. The number of nitrogens with one attached hydrogen (secondary N) is 2. The Bertz CT molecular complexity index is 537. The summed E-state index contributed by atoms with van der Waals surface area (Å²) in [5.74, 6) is -0.325. The van der Waals surface area contributed by atoms with E-state index in [-0.39, 0.29) is 30.3 Å². The van der Waals surface area contributed by atoms with E-state index in [2.05, 4.69) is 10.6 Å². The molecule has 2 unspecified atom stereocenters. The van der Waals surface area contributed by atoms with Gasteiger partial charge in [0, 0.05) is 17.6 Å². The lowest BCUT2D eigenvalue weighted by Gasteiger charge is -2.25. The standard InChI is InChI=1S/C17H25N3O2/c1-11-5-3-6-12(2)16(11)20-15(21)10-19-17(22)13-7-4-8-14(18)9-13/h3,5-6,13-14H,4,7-10,18H2,1-2H3,(H,19,22)(H,20,21). The van der Waals surface area contributed by atoms with Gasteiger partial charge in [-0.2, -0.15) is 0 Å². The highest BCUT2D eigenvalue weighted by atomic mass is 16.2. The monoisotopic (exact) mass is 303 g/mol. The molecule has 0 bridgehead atoms. The summed E-state index contributed by atoms with van der Waals surface area (Å²) in [6.45, 7) is 3.90. The highest BCUT2D eigenvalue weighted by molar-refractivity contribution is 5.96. The number of nitrogens with two attached hydrogens (primary N) is 1. The minimum Gasteiger partial charge on any atom is -0.347 e. The van der Waals surface area contributed by atoms with E-state index in [0.29, 0.717) is 6.42 Å². The van der Waals surface area contributed by atoms with Crippen LogP contribution in [0.2, 0.25) is 0 Å². The van der Waals surface area contributed by atoms with Gasteiger partial charge >= 0.3 is 0 Å². The molecule has 0 radical (unpaired) electrons. The molecule has 1 aromatic rings. The van der Waals surface area contributed by atoms with Crippen molar-refractivity contribution in [1.29, 1.82) is 0 Å². The highest BCUT2D eigenvalue weighted by Gasteiger charge is 2.25. The molecule has 2 amide bonds. The fourth-order valence-electron chi connectivity index (χ4n) is 2.97. The molecule has 0 heterocycles. The van der Waals surface area contributed by atoms with E-state index in [1.54, 1.807) is 0 Å². The van der Waals surface area contributed by atoms with Gasteiger partial charge in [-0.05, 0) is 44.2 Å². The summed E-state index contributed by atoms with van der Waals surface area (Å²) in [7, 11) is 0. The van der Waals surface area contributed by atoms with Crippen molar-refractivity contribution in [2.24, 2.45) is 11.7 Å². The number of anilines is 1. The van der Waals surface area contributed by atoms with E-state index >= 15 is 0 Å². The van der Waals surface area contributed by atoms with E-state index < -0.39 is 0 Å². The number of para-hydroxylation sites is 1. The minimum absolute atomic E-state index is 0.00164. The summed E-state index contributed by atoms with van der Waals surface area (Å²) < 4.78 is 0. The Balaban J connectivity index is 1.84. The van der Waals surface area contributed by atoms with Gasteiger partial charge in [0.1, 0.15) is 0 Å². The summed E-state index contributed by atoms with van der Waals surface area (Å²) in [6, 6.07) is 5.96. The number of hydrogen-bond acceptors (Lipinski definition) is 3. The SMILES string of the molecule is Cc1cccc(C)c1NC(=O)CNC(=O)C1CCCC(N)C1. The molecule has 5 nitrogen and oxygen atoms in total. The fourth-order valence-corrected chi connectivity index (χ4v) is 2.97. The lowest BCUT2D eigenvalue weighted by Crippen LogP contribution is -2.40. The summed E-state index contributed by atoms with van der Waals surface area (Å²) in [6.07, 6.45) is 3.53. The van der Waals surface area contributed by atoms with Gasteiger partial charge < -0.3 is 16.4 Å². The second kappa shape index (κ2) is 7.40. The number of aryl methyl sites for hydroxylation is 2. The van der Waals surface area contributed by atoms with Crippen molar-refractivity contribution in [3.63, 3.8) is 0 Å². The van der Waals surface area contributed by atoms with E-state index in [1.807, 2.05) is 32.0 Å². The van der Waals surface area contributed by atoms with Crippen LogP contribution in [-0.2, 0) is 9.59 Å². The molecule has 22 heavy (non-hydrogen) atoms. The largest absolute Gasteiger partial charge is 0.347 e. The number of rotatable bonds is 4. The van der Waals surface area contributed by atoms with E-state index in [0.717, 1.165) is 36.1 Å². The molecular formula is C17H25N3O2. The highest BCUT2D eigenvalue weighted by Crippen LogP contribution is 2.23. The van der Waals surface area contributed by atoms with Crippen LogP contribution in [0, 0.1) is 19.8 Å². The fraction of sp³-hybridized carbons (Fsp3) is 0.529. The Labute approximate surface area is 131 Å². The Morgan fingerprint density at radius 3 is 2.55 bits per heavy atom. The third-order valence-electron chi connectivity index (χ3n) is 4.25. The van der Waals surface area contributed by atoms with E-state index in [9.17, 15) is 9.59 Å². The van der Waals surface area contributed by atoms with Crippen LogP contribution in [0.4, 0.5) is 5.69 Å². The molecule has 120 valence electrons. The van der Waals surface area contributed by atoms with Crippen LogP contribution in [-0.4, -0.2) is 24.4 Å². The summed E-state index contributed by atoms with van der Waals surface area (Å²) in [5, 5.41) is 5.59. The maximum Gasteiger partial charge on any atom is 0.243 e. The van der Waals surface area contributed by atoms with Crippen molar-refractivity contribution in [1.82, 2.24) is 5.32 Å². The number of carbonyl (C=O) groups excluding carboxylic acids is 2. The maximum absolute atomic E-state index is 12.1. The Morgan fingerprint density at radius 2 is 1.91 bits per heavy atom. The zero-order valence-corrected chi connectivity index (χ0v) is 13.3. The zero-order valence-electron chi connectivity index (χ0n) is 13.3. The van der Waals surface area contributed by atoms with Crippen LogP contribution in [0.15, 0.2) is 18.2 Å². The first kappa shape index (κ1) is 16.5. The van der Waals surface area contributed by atoms with Gasteiger partial charge in [0.2, 0.25) is 11.8 Å². The first-order chi connectivity index (χ1) is 10.5. The van der Waals surface area contributed by atoms with Crippen LogP contribution in [0.1, 0.15) is 36.8 Å². The first-order valence-electron chi connectivity index (χ1n) is 7.86. The number of amides is 2. The lowest BCUT2D eigenvalue weighted by atomic mass is 9.85. The Kier molecular flexibility index (Phi) is 5.55. The molecule has 1 saturated carbocycles. The summed E-state index contributed by atoms with van der Waals surface area (Å²) in [5.41, 5.74) is 8.74. The van der Waals surface area contributed by atoms with Gasteiger partial charge in [0.15, 0.2) is 0 Å². The normalized spacial score (nSPS) is 21.2. The topological polar surface area (TPSA) is 84.2 Å². The Hall–Kier alpha value is -1.88. The quantitative estimate of drug-likeness (QED) is 0.794. The minimum atomic E-state index is -0.203. The molecule has 1 aliphatic carbocycles. The average Bonchev–Trinajstić information content (AvgIpc) is 2.48. The Morgan fingerprint density at radius 1 is 1.23 bits per heavy atom. The third-order valence-corrected chi connectivity index (χ3v) is 4.25. The lowest BCUT2D eigenvalue weighted by molar-refractivity contribution is -0.128. The van der Waals surface area contributed by atoms with Crippen LogP contribution >= 0.6 is 0 Å². The molecule has 2 atom stereocenters. The van der Waals surface area contributed by atoms with Crippen molar-refractivity contribution in [2.45, 2.75) is 45.6 Å². The maximum atomic E-state index is 12.1. The van der Waals surface area contributed by atoms with Gasteiger partial charge in [-0.15, -0.1) is 0 Å². The number of carbonyl (C=O) groups is 2. The predicted octanol–water partition coefficient (Wildman–Crippen LogP) is 1.88. The molecule has 0 saturated heterocycles. The van der Waals surface area contributed by atoms with Gasteiger partial charge in [-0.25, -0.2) is 0 Å². The molecule has 1 aliphatic rings. The van der Waals surface area contributed by atoms with Gasteiger partial charge in [0.05, 0.1) is 6.54 Å². The molecule has 2 rings (SSSR count). The zero-order chi connectivity index (χ0) is 16.1. The molecule has 0 aromatic heterocycles. The van der Waals surface area contributed by atoms with Crippen molar-refractivity contribution in [3.05, 3.63) is 29.3 Å². The van der Waals surface area contributed by atoms with Crippen molar-refractivity contribution in [2.75, 3.05) is 11.9 Å². The van der Waals surface area contributed by atoms with Crippen LogP contribution in [0.25, 0.3) is 0 Å². The second-order valence-electron chi connectivity index (χ2n) is 6.16. The molecule has 0 aliphatic heterocycles. The van der Waals surface area contributed by atoms with Crippen molar-refractivity contribution in [3.8, 4) is 0 Å². The molecule has 1 fully saturated rings. The average molecular weight is 303 g/mol. The van der Waals surface area contributed by atoms with Crippen LogP contribution in [0.5, 0.6) is 0 Å². The van der Waals surface area contributed by atoms with Crippen LogP contribution < -0.4 is 16.4 Å².